The number of carbonyl (C=O) groups is 2. The first-order valence-corrected chi connectivity index (χ1v) is 11.8. The quantitative estimate of drug-likeness (QED) is 0.618. The van der Waals surface area contributed by atoms with Gasteiger partial charge in [0.2, 0.25) is 5.91 Å². The van der Waals surface area contributed by atoms with Crippen molar-refractivity contribution < 1.29 is 40.7 Å². The maximum absolute atomic E-state index is 14.1. The van der Waals surface area contributed by atoms with E-state index in [9.17, 15) is 35.9 Å². The molecule has 1 aromatic carbocycles. The van der Waals surface area contributed by atoms with Gasteiger partial charge in [-0.2, -0.15) is 26.3 Å². The van der Waals surface area contributed by atoms with E-state index in [1.165, 1.54) is 11.0 Å². The van der Waals surface area contributed by atoms with Crippen LogP contribution in [0.15, 0.2) is 24.3 Å². The van der Waals surface area contributed by atoms with Gasteiger partial charge in [0.25, 0.3) is 0 Å². The van der Waals surface area contributed by atoms with Crippen LogP contribution in [-0.2, 0) is 15.7 Å². The van der Waals surface area contributed by atoms with E-state index in [0.29, 0.717) is 13.0 Å². The van der Waals surface area contributed by atoms with Crippen molar-refractivity contribution in [3.63, 3.8) is 0 Å². The smallest absolute Gasteiger partial charge is 0.366 e. The minimum absolute atomic E-state index is 0.0159. The fraction of sp³-hybridized carbons (Fsp3) is 0.652. The molecule has 0 radical (unpaired) electrons. The van der Waals surface area contributed by atoms with Gasteiger partial charge >= 0.3 is 18.4 Å². The molecule has 3 aliphatic heterocycles. The average molecular weight is 522 g/mol. The topological polar surface area (TPSA) is 65.1 Å². The fourth-order valence-corrected chi connectivity index (χ4v) is 5.35. The molecular weight excluding hydrogens is 494 g/mol. The largest absolute Gasteiger partial charge is 0.416 e. The van der Waals surface area contributed by atoms with E-state index in [4.69, 9.17) is 4.74 Å². The monoisotopic (exact) mass is 522 g/mol. The Morgan fingerprint density at radius 1 is 1.08 bits per heavy atom. The van der Waals surface area contributed by atoms with Crippen LogP contribution in [-0.4, -0.2) is 85.9 Å². The zero-order valence-electron chi connectivity index (χ0n) is 19.6. The van der Waals surface area contributed by atoms with Gasteiger partial charge in [0.05, 0.1) is 17.7 Å². The predicted octanol–water partition coefficient (Wildman–Crippen LogP) is 3.49. The zero-order chi connectivity index (χ0) is 26.3. The van der Waals surface area contributed by atoms with E-state index in [2.05, 4.69) is 5.32 Å². The van der Waals surface area contributed by atoms with Crippen LogP contribution in [0.1, 0.15) is 24.8 Å². The first-order valence-electron chi connectivity index (χ1n) is 11.8. The molecule has 0 aliphatic carbocycles. The van der Waals surface area contributed by atoms with Crippen LogP contribution in [0.2, 0.25) is 0 Å². The lowest BCUT2D eigenvalue weighted by Crippen LogP contribution is -2.62. The number of nitrogens with one attached hydrogen (secondary N) is 1. The number of carbonyl (C=O) groups excluding carboxylic acids is 2. The molecule has 7 nitrogen and oxygen atoms in total. The van der Waals surface area contributed by atoms with Crippen molar-refractivity contribution in [2.45, 2.75) is 49.8 Å². The van der Waals surface area contributed by atoms with Crippen molar-refractivity contribution in [2.75, 3.05) is 44.7 Å². The Hall–Kier alpha value is -2.70. The number of ether oxygens (including phenoxy) is 1. The molecule has 36 heavy (non-hydrogen) atoms. The zero-order valence-corrected chi connectivity index (χ0v) is 19.6. The van der Waals surface area contributed by atoms with Crippen molar-refractivity contribution in [1.82, 2.24) is 15.1 Å². The van der Waals surface area contributed by atoms with E-state index in [1.54, 1.807) is 4.90 Å². The number of anilines is 1. The average Bonchev–Trinajstić information content (AvgIpc) is 2.82. The lowest BCUT2D eigenvalue weighted by atomic mass is 9.87. The van der Waals surface area contributed by atoms with Gasteiger partial charge in [0.15, 0.2) is 0 Å². The molecule has 3 aliphatic rings. The van der Waals surface area contributed by atoms with E-state index < -0.39 is 29.9 Å². The summed E-state index contributed by atoms with van der Waals surface area (Å²) in [5, 5.41) is 2.81. The number of nitrogens with zero attached hydrogens (tertiary/aromatic N) is 3. The molecule has 3 heterocycles. The number of hydrogen-bond donors (Lipinski definition) is 1. The van der Waals surface area contributed by atoms with Gasteiger partial charge in [-0.1, -0.05) is 6.07 Å². The lowest BCUT2D eigenvalue weighted by molar-refractivity contribution is -0.162. The summed E-state index contributed by atoms with van der Waals surface area (Å²) in [4.78, 5) is 28.6. The van der Waals surface area contributed by atoms with Crippen molar-refractivity contribution in [3.05, 3.63) is 29.8 Å². The maximum Gasteiger partial charge on any atom is 0.416 e. The second-order valence-corrected chi connectivity index (χ2v) is 9.51. The highest BCUT2D eigenvalue weighted by Gasteiger charge is 2.49. The first kappa shape index (κ1) is 26.4. The Labute approximate surface area is 204 Å². The molecule has 13 heteroatoms. The van der Waals surface area contributed by atoms with Gasteiger partial charge in [0.1, 0.15) is 12.6 Å². The Bertz CT molecular complexity index is 964. The minimum Gasteiger partial charge on any atom is -0.366 e. The molecule has 0 saturated carbocycles. The second kappa shape index (κ2) is 9.98. The molecule has 0 spiro atoms. The van der Waals surface area contributed by atoms with Crippen LogP contribution in [0.3, 0.4) is 0 Å². The Morgan fingerprint density at radius 3 is 2.39 bits per heavy atom. The molecule has 0 bridgehead atoms. The number of rotatable bonds is 3. The SMILES string of the molecule is CN(c1cccc(C(F)(F)F)c1)C(C1CCN(C(=O)N2CC[C@@H]3OCC(=O)N[C@@H]3C2)CC1)C(F)(F)F. The van der Waals surface area contributed by atoms with Crippen LogP contribution >= 0.6 is 0 Å². The molecule has 200 valence electrons. The predicted molar refractivity (Wildman–Crippen MR) is 117 cm³/mol. The third-order valence-electron chi connectivity index (χ3n) is 7.18. The van der Waals surface area contributed by atoms with Crippen molar-refractivity contribution in [3.8, 4) is 0 Å². The molecule has 3 amide bonds. The first-order chi connectivity index (χ1) is 16.8. The number of morpholine rings is 1. The van der Waals surface area contributed by atoms with Crippen LogP contribution in [0.25, 0.3) is 0 Å². The highest BCUT2D eigenvalue weighted by atomic mass is 19.4. The van der Waals surface area contributed by atoms with Crippen LogP contribution in [0.5, 0.6) is 0 Å². The summed E-state index contributed by atoms with van der Waals surface area (Å²) >= 11 is 0. The summed E-state index contributed by atoms with van der Waals surface area (Å²) in [6.45, 7) is 0.857. The molecule has 3 fully saturated rings. The second-order valence-electron chi connectivity index (χ2n) is 9.51. The molecular formula is C23H28F6N4O3. The summed E-state index contributed by atoms with van der Waals surface area (Å²) in [6, 6.07) is 1.23. The van der Waals surface area contributed by atoms with Gasteiger partial charge in [-0.05, 0) is 43.4 Å². The van der Waals surface area contributed by atoms with Crippen molar-refractivity contribution in [2.24, 2.45) is 5.92 Å². The van der Waals surface area contributed by atoms with Crippen molar-refractivity contribution in [1.29, 1.82) is 0 Å². The van der Waals surface area contributed by atoms with Crippen LogP contribution in [0.4, 0.5) is 36.8 Å². The molecule has 1 N–H and O–H groups in total. The summed E-state index contributed by atoms with van der Waals surface area (Å²) in [7, 11) is 1.15. The number of piperidine rings is 2. The number of benzene rings is 1. The van der Waals surface area contributed by atoms with Crippen LogP contribution < -0.4 is 10.2 Å². The molecule has 4 rings (SSSR count). The minimum atomic E-state index is -4.68. The number of urea groups is 1. The standard InChI is InChI=1S/C23H28F6N4O3/c1-31(16-4-2-3-15(11-16)22(24,25)26)20(23(27,28)29)14-5-8-32(9-6-14)21(35)33-10-7-18-17(12-33)30-19(34)13-36-18/h2-4,11,14,17-18,20H,5-10,12-13H2,1H3,(H,30,34)/t17-,18+,20?/m1/s1. The Kier molecular flexibility index (Phi) is 7.31. The number of halogens is 6. The molecule has 3 atom stereocenters. The number of hydrogen-bond acceptors (Lipinski definition) is 4. The van der Waals surface area contributed by atoms with E-state index >= 15 is 0 Å². The number of likely N-dealkylation sites (tertiary alicyclic amines) is 2. The van der Waals surface area contributed by atoms with E-state index in [1.807, 2.05) is 0 Å². The molecule has 0 aromatic heterocycles. The molecule has 1 unspecified atom stereocenters. The number of alkyl halides is 6. The molecule has 3 saturated heterocycles. The number of fused-ring (bicyclic) bond motifs is 1. The van der Waals surface area contributed by atoms with E-state index in [0.717, 1.165) is 30.1 Å². The van der Waals surface area contributed by atoms with Crippen LogP contribution in [0, 0.1) is 5.92 Å². The summed E-state index contributed by atoms with van der Waals surface area (Å²) in [5.74, 6) is -1.15. The highest BCUT2D eigenvalue weighted by molar-refractivity contribution is 5.79. The van der Waals surface area contributed by atoms with Gasteiger partial charge in [-0.15, -0.1) is 0 Å². The summed E-state index contributed by atoms with van der Waals surface area (Å²) < 4.78 is 87.1. The normalized spacial score (nSPS) is 24.7. The van der Waals surface area contributed by atoms with Gasteiger partial charge < -0.3 is 24.8 Å². The van der Waals surface area contributed by atoms with Gasteiger partial charge in [-0.3, -0.25) is 4.79 Å². The number of amides is 3. The van der Waals surface area contributed by atoms with Crippen molar-refractivity contribution >= 4 is 17.6 Å². The fourth-order valence-electron chi connectivity index (χ4n) is 5.35. The summed E-state index contributed by atoms with van der Waals surface area (Å²) in [5.41, 5.74) is -1.19. The third-order valence-corrected chi connectivity index (χ3v) is 7.18. The maximum atomic E-state index is 14.1. The Balaban J connectivity index is 1.41. The molecule has 1 aromatic rings. The summed E-state index contributed by atoms with van der Waals surface area (Å²) in [6.07, 6.45) is -8.86. The highest BCUT2D eigenvalue weighted by Crippen LogP contribution is 2.39. The lowest BCUT2D eigenvalue weighted by Gasteiger charge is -2.45. The third kappa shape index (κ3) is 5.65. The van der Waals surface area contributed by atoms with Gasteiger partial charge in [0, 0.05) is 38.9 Å². The van der Waals surface area contributed by atoms with Gasteiger partial charge in [-0.25, -0.2) is 4.79 Å². The Morgan fingerprint density at radius 2 is 1.75 bits per heavy atom. The van der Waals surface area contributed by atoms with E-state index in [-0.39, 0.29) is 68.9 Å².